The SMILES string of the molecule is COc1c(Nc2cc(NC(=O)C3CC3)nc3c2nc(C(F)F)n3PI)ccc(-c2nn(C)cc2C)c1F. The molecule has 194 valence electrons. The lowest BCUT2D eigenvalue weighted by atomic mass is 10.1. The molecule has 2 N–H and O–H groups in total. The number of nitrogens with one attached hydrogen (secondary N) is 2. The largest absolute Gasteiger partial charge is 0.492 e. The van der Waals surface area contributed by atoms with Crippen LogP contribution in [0.5, 0.6) is 5.75 Å². The molecule has 0 bridgehead atoms. The van der Waals surface area contributed by atoms with Crippen molar-refractivity contribution >= 4 is 62.7 Å². The number of benzene rings is 1. The van der Waals surface area contributed by atoms with Crippen LogP contribution in [-0.4, -0.2) is 37.1 Å². The van der Waals surface area contributed by atoms with Crippen LogP contribution >= 0.6 is 28.4 Å². The number of imidazole rings is 1. The molecular weight excluding hydrogens is 621 g/mol. The molecule has 1 aliphatic carbocycles. The van der Waals surface area contributed by atoms with E-state index in [1.807, 2.05) is 29.0 Å². The Morgan fingerprint density at radius 2 is 2.03 bits per heavy atom. The van der Waals surface area contributed by atoms with Gasteiger partial charge in [0.05, 0.1) is 30.6 Å². The summed E-state index contributed by atoms with van der Waals surface area (Å²) >= 11 is 1.97. The fraction of sp³-hybridized carbons (Fsp3) is 0.304. The first kappa shape index (κ1) is 25.7. The molecule has 1 aromatic carbocycles. The summed E-state index contributed by atoms with van der Waals surface area (Å²) in [7, 11) is 3.09. The second-order valence-electron chi connectivity index (χ2n) is 8.65. The molecule has 0 saturated heterocycles. The Labute approximate surface area is 224 Å². The Hall–Kier alpha value is -2.93. The van der Waals surface area contributed by atoms with E-state index in [2.05, 4.69) is 25.7 Å². The highest BCUT2D eigenvalue weighted by atomic mass is 127. The minimum Gasteiger partial charge on any atom is -0.492 e. The molecule has 0 radical (unpaired) electrons. The van der Waals surface area contributed by atoms with Crippen molar-refractivity contribution in [3.8, 4) is 17.0 Å². The van der Waals surface area contributed by atoms with Gasteiger partial charge >= 0.3 is 0 Å². The van der Waals surface area contributed by atoms with Gasteiger partial charge in [-0.1, -0.05) is 0 Å². The molecular formula is C23H22F3IN7O2P. The van der Waals surface area contributed by atoms with Crippen LogP contribution in [0.4, 0.5) is 30.4 Å². The van der Waals surface area contributed by atoms with E-state index in [9.17, 15) is 13.6 Å². The molecule has 0 spiro atoms. The number of hydrogen-bond donors (Lipinski definition) is 2. The van der Waals surface area contributed by atoms with Crippen LogP contribution in [0.15, 0.2) is 24.4 Å². The minimum atomic E-state index is -2.83. The van der Waals surface area contributed by atoms with Crippen molar-refractivity contribution in [2.45, 2.75) is 26.2 Å². The van der Waals surface area contributed by atoms with E-state index in [0.29, 0.717) is 5.69 Å². The van der Waals surface area contributed by atoms with Gasteiger partial charge in [0.15, 0.2) is 23.0 Å². The number of pyridine rings is 1. The number of aryl methyl sites for hydroxylation is 2. The highest BCUT2D eigenvalue weighted by molar-refractivity contribution is 14.2. The summed E-state index contributed by atoms with van der Waals surface area (Å²) in [4.78, 5) is 20.9. The van der Waals surface area contributed by atoms with E-state index in [1.165, 1.54) is 17.5 Å². The van der Waals surface area contributed by atoms with E-state index in [-0.39, 0.29) is 57.9 Å². The number of ether oxygens (including phenoxy) is 1. The highest BCUT2D eigenvalue weighted by Crippen LogP contribution is 2.41. The monoisotopic (exact) mass is 643 g/mol. The van der Waals surface area contributed by atoms with Crippen LogP contribution in [0.25, 0.3) is 22.4 Å². The molecule has 1 saturated carbocycles. The van der Waals surface area contributed by atoms with Gasteiger partial charge in [0.25, 0.3) is 6.43 Å². The molecule has 14 heteroatoms. The first-order valence-electron chi connectivity index (χ1n) is 11.2. The van der Waals surface area contributed by atoms with Crippen LogP contribution in [0.2, 0.25) is 0 Å². The maximum atomic E-state index is 15.6. The number of rotatable bonds is 8. The molecule has 1 fully saturated rings. The number of hydrogen-bond acceptors (Lipinski definition) is 6. The average molecular weight is 643 g/mol. The van der Waals surface area contributed by atoms with Gasteiger partial charge in [0, 0.05) is 30.8 Å². The Balaban J connectivity index is 1.62. The molecule has 1 aliphatic rings. The molecule has 1 unspecified atom stereocenters. The summed E-state index contributed by atoms with van der Waals surface area (Å²) in [5.74, 6) is -1.24. The number of methoxy groups -OCH3 is 1. The van der Waals surface area contributed by atoms with Gasteiger partial charge in [-0.15, -0.1) is 0 Å². The second-order valence-corrected chi connectivity index (χ2v) is 10.7. The quantitative estimate of drug-likeness (QED) is 0.178. The van der Waals surface area contributed by atoms with Crippen molar-refractivity contribution in [1.29, 1.82) is 0 Å². The molecule has 0 aliphatic heterocycles. The first-order valence-corrected chi connectivity index (χ1v) is 15.3. The summed E-state index contributed by atoms with van der Waals surface area (Å²) in [5, 5.41) is 10.2. The van der Waals surface area contributed by atoms with E-state index < -0.39 is 18.1 Å². The Kier molecular flexibility index (Phi) is 7.01. The minimum absolute atomic E-state index is 0.0830. The predicted octanol–water partition coefficient (Wildman–Crippen LogP) is 6.11. The number of carbonyl (C=O) groups is 1. The van der Waals surface area contributed by atoms with E-state index >= 15 is 4.39 Å². The maximum Gasteiger partial charge on any atom is 0.295 e. The summed E-state index contributed by atoms with van der Waals surface area (Å²) in [6.07, 6.45) is 0.424. The van der Waals surface area contributed by atoms with Gasteiger partial charge in [-0.2, -0.15) is 5.10 Å². The number of amides is 1. The topological polar surface area (TPSA) is 98.9 Å². The van der Waals surface area contributed by atoms with Crippen molar-refractivity contribution in [3.63, 3.8) is 0 Å². The summed E-state index contributed by atoms with van der Waals surface area (Å²) < 4.78 is 51.4. The number of fused-ring (bicyclic) bond motifs is 1. The van der Waals surface area contributed by atoms with Gasteiger partial charge in [0.1, 0.15) is 11.3 Å². The summed E-state index contributed by atoms with van der Waals surface area (Å²) in [6.45, 7) is 1.83. The number of anilines is 3. The number of halogens is 4. The summed E-state index contributed by atoms with van der Waals surface area (Å²) in [5.41, 5.74) is 2.38. The third kappa shape index (κ3) is 4.86. The first-order chi connectivity index (χ1) is 17.7. The van der Waals surface area contributed by atoms with Crippen LogP contribution in [-0.2, 0) is 11.8 Å². The summed E-state index contributed by atoms with van der Waals surface area (Å²) in [6, 6.07) is 4.68. The molecule has 1 atom stereocenters. The van der Waals surface area contributed by atoms with Crippen molar-refractivity contribution in [2.24, 2.45) is 13.0 Å². The van der Waals surface area contributed by atoms with Gasteiger partial charge in [-0.3, -0.25) is 13.8 Å². The zero-order chi connectivity index (χ0) is 26.4. The normalized spacial score (nSPS) is 13.7. The fourth-order valence-electron chi connectivity index (χ4n) is 4.08. The molecule has 9 nitrogen and oxygen atoms in total. The third-order valence-electron chi connectivity index (χ3n) is 5.96. The average Bonchev–Trinajstić information content (AvgIpc) is 3.56. The smallest absolute Gasteiger partial charge is 0.295 e. The standard InChI is InChI=1S/C23H22F3IN7O2P/c1-10-9-33(2)32-17(10)12-6-7-13(19(36-3)16(12)24)28-14-8-15(30-23(35)11-4-5-11)29-21-18(14)31-22(20(25)26)34(21)37-27/h6-9,11,20,37H,4-5H2,1-3H3,(H2,28,29,30,35). The molecule has 1 amide bonds. The van der Waals surface area contributed by atoms with Gasteiger partial charge in [-0.25, -0.2) is 23.1 Å². The molecule has 37 heavy (non-hydrogen) atoms. The van der Waals surface area contributed by atoms with Crippen molar-refractivity contribution < 1.29 is 22.7 Å². The number of nitrogens with zero attached hydrogens (tertiary/aromatic N) is 5. The lowest BCUT2D eigenvalue weighted by Crippen LogP contribution is -2.14. The third-order valence-corrected chi connectivity index (χ3v) is 8.02. The van der Waals surface area contributed by atoms with E-state index in [1.54, 1.807) is 30.1 Å². The zero-order valence-electron chi connectivity index (χ0n) is 19.9. The van der Waals surface area contributed by atoms with Crippen molar-refractivity contribution in [2.75, 3.05) is 17.7 Å². The Morgan fingerprint density at radius 3 is 2.62 bits per heavy atom. The molecule has 5 rings (SSSR count). The molecule has 4 aromatic rings. The lowest BCUT2D eigenvalue weighted by molar-refractivity contribution is -0.117. The van der Waals surface area contributed by atoms with Gasteiger partial charge in [0.2, 0.25) is 5.91 Å². The Bertz CT molecular complexity index is 1520. The maximum absolute atomic E-state index is 15.6. The number of aromatic nitrogens is 5. The van der Waals surface area contributed by atoms with Crippen LogP contribution in [0.3, 0.4) is 0 Å². The fourth-order valence-corrected chi connectivity index (χ4v) is 5.98. The lowest BCUT2D eigenvalue weighted by Gasteiger charge is -2.15. The molecule has 3 heterocycles. The second kappa shape index (κ2) is 10.1. The van der Waals surface area contributed by atoms with Gasteiger partial charge in [-0.05, 0) is 59.5 Å². The van der Waals surface area contributed by atoms with E-state index in [0.717, 1.165) is 18.4 Å². The van der Waals surface area contributed by atoms with Crippen LogP contribution in [0, 0.1) is 18.7 Å². The van der Waals surface area contributed by atoms with Gasteiger partial charge < -0.3 is 15.4 Å². The number of alkyl halides is 2. The van der Waals surface area contributed by atoms with Crippen LogP contribution in [0.1, 0.15) is 30.7 Å². The van der Waals surface area contributed by atoms with Crippen LogP contribution < -0.4 is 15.4 Å². The highest BCUT2D eigenvalue weighted by Gasteiger charge is 2.30. The van der Waals surface area contributed by atoms with Crippen molar-refractivity contribution in [1.82, 2.24) is 24.1 Å². The van der Waals surface area contributed by atoms with Crippen molar-refractivity contribution in [3.05, 3.63) is 41.6 Å². The Morgan fingerprint density at radius 1 is 1.27 bits per heavy atom. The zero-order valence-corrected chi connectivity index (χ0v) is 23.1. The molecule has 3 aromatic heterocycles. The predicted molar refractivity (Wildman–Crippen MR) is 145 cm³/mol. The number of carbonyl (C=O) groups excluding carboxylic acids is 1. The van der Waals surface area contributed by atoms with E-state index in [4.69, 9.17) is 4.74 Å².